The molecule has 1 spiro atoms. The summed E-state index contributed by atoms with van der Waals surface area (Å²) in [5.74, 6) is -0.684. The summed E-state index contributed by atoms with van der Waals surface area (Å²) in [7, 11) is 1.68. The minimum atomic E-state index is -0.756. The summed E-state index contributed by atoms with van der Waals surface area (Å²) < 4.78 is 13.2. The number of amides is 4. The summed E-state index contributed by atoms with van der Waals surface area (Å²) in [6.07, 6.45) is 5.06. The fraction of sp³-hybridized carbons (Fsp3) is 0.591. The largest absolute Gasteiger partial charge is 0.370 e. The first-order chi connectivity index (χ1) is 14.4. The van der Waals surface area contributed by atoms with Gasteiger partial charge in [-0.1, -0.05) is 19.3 Å². The van der Waals surface area contributed by atoms with E-state index in [0.717, 1.165) is 42.8 Å². The van der Waals surface area contributed by atoms with Crippen molar-refractivity contribution in [3.63, 3.8) is 0 Å². The molecule has 1 aromatic rings. The van der Waals surface area contributed by atoms with E-state index in [9.17, 15) is 18.8 Å². The number of carbonyl (C=O) groups is 3. The number of rotatable bonds is 3. The molecule has 2 heterocycles. The van der Waals surface area contributed by atoms with Crippen molar-refractivity contribution in [1.82, 2.24) is 14.7 Å². The van der Waals surface area contributed by atoms with Crippen molar-refractivity contribution in [3.8, 4) is 0 Å². The first kappa shape index (κ1) is 20.6. The van der Waals surface area contributed by atoms with Gasteiger partial charge in [0.15, 0.2) is 0 Å². The molecular formula is C22H29FN4O3. The van der Waals surface area contributed by atoms with Gasteiger partial charge in [-0.05, 0) is 43.5 Å². The van der Waals surface area contributed by atoms with Crippen LogP contribution in [0, 0.1) is 5.82 Å². The minimum Gasteiger partial charge on any atom is -0.370 e. The van der Waals surface area contributed by atoms with Gasteiger partial charge in [-0.25, -0.2) is 9.18 Å². The predicted octanol–water partition coefficient (Wildman–Crippen LogP) is 2.46. The van der Waals surface area contributed by atoms with Crippen LogP contribution in [0.4, 0.5) is 14.9 Å². The Kier molecular flexibility index (Phi) is 5.66. The first-order valence-electron chi connectivity index (χ1n) is 10.8. The lowest BCUT2D eigenvalue weighted by molar-refractivity contribution is -0.140. The standard InChI is InChI=1S/C22H29FN4O3/c1-24-21(30)27(20(29)22(24)10-3-2-4-11-22)16-19(28)26-13-5-12-25(14-15-26)18-8-6-17(23)7-9-18/h6-9H,2-5,10-16H2,1H3. The quantitative estimate of drug-likeness (QED) is 0.710. The zero-order valence-corrected chi connectivity index (χ0v) is 17.5. The maximum atomic E-state index is 13.2. The minimum absolute atomic E-state index is 0.194. The van der Waals surface area contributed by atoms with E-state index in [1.165, 1.54) is 12.1 Å². The van der Waals surface area contributed by atoms with Crippen molar-refractivity contribution in [2.24, 2.45) is 0 Å². The molecule has 0 atom stereocenters. The second-order valence-corrected chi connectivity index (χ2v) is 8.52. The Morgan fingerprint density at radius 3 is 2.37 bits per heavy atom. The van der Waals surface area contributed by atoms with Crippen molar-refractivity contribution in [3.05, 3.63) is 30.1 Å². The van der Waals surface area contributed by atoms with Gasteiger partial charge >= 0.3 is 6.03 Å². The summed E-state index contributed by atoms with van der Waals surface area (Å²) in [5.41, 5.74) is 0.171. The van der Waals surface area contributed by atoms with Crippen LogP contribution in [0.15, 0.2) is 24.3 Å². The Bertz CT molecular complexity index is 822. The predicted molar refractivity (Wildman–Crippen MR) is 110 cm³/mol. The van der Waals surface area contributed by atoms with Gasteiger partial charge in [-0.3, -0.25) is 14.5 Å². The van der Waals surface area contributed by atoms with Gasteiger partial charge in [-0.2, -0.15) is 0 Å². The molecule has 162 valence electrons. The second kappa shape index (κ2) is 8.24. The summed E-state index contributed by atoms with van der Waals surface area (Å²) in [6, 6.07) is 6.00. The van der Waals surface area contributed by atoms with E-state index in [1.807, 2.05) is 0 Å². The Balaban J connectivity index is 1.39. The summed E-state index contributed by atoms with van der Waals surface area (Å²) >= 11 is 0. The molecule has 1 aliphatic carbocycles. The first-order valence-corrected chi connectivity index (χ1v) is 10.8. The molecule has 0 radical (unpaired) electrons. The summed E-state index contributed by atoms with van der Waals surface area (Å²) in [5, 5.41) is 0. The molecule has 0 N–H and O–H groups in total. The topological polar surface area (TPSA) is 64.2 Å². The van der Waals surface area contributed by atoms with Gasteiger partial charge in [-0.15, -0.1) is 0 Å². The lowest BCUT2D eigenvalue weighted by atomic mass is 9.81. The Morgan fingerprint density at radius 2 is 1.67 bits per heavy atom. The maximum absolute atomic E-state index is 13.2. The van der Waals surface area contributed by atoms with Crippen LogP contribution in [0.25, 0.3) is 0 Å². The number of nitrogens with zero attached hydrogens (tertiary/aromatic N) is 4. The molecule has 2 aliphatic heterocycles. The molecular weight excluding hydrogens is 387 g/mol. The second-order valence-electron chi connectivity index (χ2n) is 8.52. The van der Waals surface area contributed by atoms with Crippen LogP contribution < -0.4 is 4.90 Å². The molecule has 3 aliphatic rings. The Morgan fingerprint density at radius 1 is 0.967 bits per heavy atom. The van der Waals surface area contributed by atoms with E-state index in [-0.39, 0.29) is 30.2 Å². The average Bonchev–Trinajstić information content (AvgIpc) is 2.96. The zero-order valence-electron chi connectivity index (χ0n) is 17.5. The van der Waals surface area contributed by atoms with E-state index >= 15 is 0 Å². The molecule has 30 heavy (non-hydrogen) atoms. The number of urea groups is 1. The lowest BCUT2D eigenvalue weighted by Crippen LogP contribution is -2.49. The lowest BCUT2D eigenvalue weighted by Gasteiger charge is -2.35. The van der Waals surface area contributed by atoms with Crippen molar-refractivity contribution < 1.29 is 18.8 Å². The number of carbonyl (C=O) groups excluding carboxylic acids is 3. The molecule has 4 amide bonds. The van der Waals surface area contributed by atoms with Gasteiger partial charge in [0.25, 0.3) is 5.91 Å². The Hall–Kier alpha value is -2.64. The number of hydrogen-bond acceptors (Lipinski definition) is 4. The number of anilines is 1. The molecule has 2 saturated heterocycles. The third-order valence-corrected chi connectivity index (χ3v) is 6.82. The molecule has 1 saturated carbocycles. The fourth-order valence-electron chi connectivity index (χ4n) is 4.98. The highest BCUT2D eigenvalue weighted by molar-refractivity contribution is 6.08. The van der Waals surface area contributed by atoms with Crippen LogP contribution in [-0.4, -0.2) is 77.9 Å². The highest BCUT2D eigenvalue weighted by Gasteiger charge is 2.56. The van der Waals surface area contributed by atoms with Crippen molar-refractivity contribution in [1.29, 1.82) is 0 Å². The normalized spacial score (nSPS) is 22.1. The molecule has 4 rings (SSSR count). The van der Waals surface area contributed by atoms with Gasteiger partial charge in [0.05, 0.1) is 0 Å². The third kappa shape index (κ3) is 3.63. The molecule has 7 nitrogen and oxygen atoms in total. The highest BCUT2D eigenvalue weighted by Crippen LogP contribution is 2.39. The summed E-state index contributed by atoms with van der Waals surface area (Å²) in [4.78, 5) is 45.4. The molecule has 0 bridgehead atoms. The van der Waals surface area contributed by atoms with Crippen LogP contribution >= 0.6 is 0 Å². The van der Waals surface area contributed by atoms with Crippen LogP contribution in [0.3, 0.4) is 0 Å². The van der Waals surface area contributed by atoms with Crippen LogP contribution in [0.1, 0.15) is 38.5 Å². The number of hydrogen-bond donors (Lipinski definition) is 0. The van der Waals surface area contributed by atoms with E-state index in [2.05, 4.69) is 4.90 Å². The van der Waals surface area contributed by atoms with Crippen LogP contribution in [-0.2, 0) is 9.59 Å². The molecule has 1 aromatic carbocycles. The fourth-order valence-corrected chi connectivity index (χ4v) is 4.98. The molecule has 0 unspecified atom stereocenters. The van der Waals surface area contributed by atoms with Crippen molar-refractivity contribution in [2.75, 3.05) is 44.7 Å². The number of halogens is 1. The number of likely N-dealkylation sites (N-methyl/N-ethyl adjacent to an activating group) is 1. The SMILES string of the molecule is CN1C(=O)N(CC(=O)N2CCCN(c3ccc(F)cc3)CC2)C(=O)C12CCCCC2. The molecule has 3 fully saturated rings. The molecule has 8 heteroatoms. The monoisotopic (exact) mass is 416 g/mol. The molecule has 0 aromatic heterocycles. The number of benzene rings is 1. The number of imide groups is 1. The maximum Gasteiger partial charge on any atom is 0.327 e. The third-order valence-electron chi connectivity index (χ3n) is 6.82. The van der Waals surface area contributed by atoms with E-state index in [0.29, 0.717) is 32.5 Å². The van der Waals surface area contributed by atoms with Gasteiger partial charge in [0.2, 0.25) is 5.91 Å². The summed E-state index contributed by atoms with van der Waals surface area (Å²) in [6.45, 7) is 2.29. The smallest absolute Gasteiger partial charge is 0.327 e. The van der Waals surface area contributed by atoms with Crippen LogP contribution in [0.2, 0.25) is 0 Å². The van der Waals surface area contributed by atoms with Crippen molar-refractivity contribution >= 4 is 23.5 Å². The van der Waals surface area contributed by atoms with Crippen LogP contribution in [0.5, 0.6) is 0 Å². The van der Waals surface area contributed by atoms with Gasteiger partial charge in [0, 0.05) is 38.9 Å². The zero-order chi connectivity index (χ0) is 21.3. The van der Waals surface area contributed by atoms with E-state index in [1.54, 1.807) is 29.0 Å². The highest BCUT2D eigenvalue weighted by atomic mass is 19.1. The average molecular weight is 416 g/mol. The van der Waals surface area contributed by atoms with E-state index in [4.69, 9.17) is 0 Å². The van der Waals surface area contributed by atoms with Gasteiger partial charge < -0.3 is 14.7 Å². The van der Waals surface area contributed by atoms with E-state index < -0.39 is 5.54 Å². The van der Waals surface area contributed by atoms with Crippen molar-refractivity contribution in [2.45, 2.75) is 44.1 Å². The van der Waals surface area contributed by atoms with Gasteiger partial charge in [0.1, 0.15) is 17.9 Å². The Labute approximate surface area is 176 Å².